The van der Waals surface area contributed by atoms with E-state index in [1.807, 2.05) is 0 Å². The van der Waals surface area contributed by atoms with E-state index >= 15 is 0 Å². The maximum Gasteiger partial charge on any atom is 0.251 e. The lowest BCUT2D eigenvalue weighted by atomic mass is 10.3. The van der Waals surface area contributed by atoms with Gasteiger partial charge in [-0.25, -0.2) is 4.98 Å². The largest absolute Gasteiger partial charge is 0.382 e. The van der Waals surface area contributed by atoms with Crippen molar-refractivity contribution in [1.29, 1.82) is 0 Å². The van der Waals surface area contributed by atoms with Crippen LogP contribution in [0.25, 0.3) is 0 Å². The number of hydrogen-bond donors (Lipinski definition) is 2. The number of aromatic amines is 1. The Bertz CT molecular complexity index is 365. The Morgan fingerprint density at radius 1 is 1.44 bits per heavy atom. The van der Waals surface area contributed by atoms with E-state index in [1.54, 1.807) is 7.11 Å². The third-order valence-electron chi connectivity index (χ3n) is 1.97. The summed E-state index contributed by atoms with van der Waals surface area (Å²) in [6.07, 6.45) is 0.562. The molecular weight excluding hydrogens is 210 g/mol. The SMILES string of the molecule is COCCOCCc1nc(CN)cc(=O)[nH]1. The fraction of sp³-hybridized carbons (Fsp3) is 0.600. The second kappa shape index (κ2) is 7.10. The standard InChI is InChI=1S/C10H17N3O3/c1-15-4-5-16-3-2-9-12-8(7-11)6-10(14)13-9/h6H,2-5,7,11H2,1H3,(H,12,13,14). The number of ether oxygens (including phenoxy) is 2. The first-order valence-electron chi connectivity index (χ1n) is 5.12. The van der Waals surface area contributed by atoms with Crippen LogP contribution < -0.4 is 11.3 Å². The first-order chi connectivity index (χ1) is 7.76. The molecule has 90 valence electrons. The number of nitrogens with zero attached hydrogens (tertiary/aromatic N) is 1. The zero-order valence-electron chi connectivity index (χ0n) is 9.36. The Kier molecular flexibility index (Phi) is 5.69. The molecule has 0 atom stereocenters. The highest BCUT2D eigenvalue weighted by molar-refractivity contribution is 5.02. The van der Waals surface area contributed by atoms with Gasteiger partial charge in [0.15, 0.2) is 0 Å². The molecule has 16 heavy (non-hydrogen) atoms. The fourth-order valence-electron chi connectivity index (χ4n) is 1.20. The minimum atomic E-state index is -0.178. The van der Waals surface area contributed by atoms with Crippen LogP contribution in [0, 0.1) is 0 Å². The van der Waals surface area contributed by atoms with Gasteiger partial charge in [0, 0.05) is 26.1 Å². The van der Waals surface area contributed by atoms with Crippen LogP contribution in [-0.4, -0.2) is 36.9 Å². The van der Waals surface area contributed by atoms with Gasteiger partial charge in [-0.2, -0.15) is 0 Å². The summed E-state index contributed by atoms with van der Waals surface area (Å²) in [6, 6.07) is 1.40. The van der Waals surface area contributed by atoms with Gasteiger partial charge in [-0.15, -0.1) is 0 Å². The Morgan fingerprint density at radius 2 is 2.25 bits per heavy atom. The van der Waals surface area contributed by atoms with Crippen molar-refractivity contribution in [3.8, 4) is 0 Å². The second-order valence-corrected chi connectivity index (χ2v) is 3.24. The van der Waals surface area contributed by atoms with Crippen molar-refractivity contribution in [2.24, 2.45) is 5.73 Å². The van der Waals surface area contributed by atoms with Gasteiger partial charge < -0.3 is 20.2 Å². The van der Waals surface area contributed by atoms with E-state index in [9.17, 15) is 4.79 Å². The third kappa shape index (κ3) is 4.52. The van der Waals surface area contributed by atoms with Crippen molar-refractivity contribution in [2.45, 2.75) is 13.0 Å². The summed E-state index contributed by atoms with van der Waals surface area (Å²) in [5.41, 5.74) is 5.83. The molecule has 1 heterocycles. The molecule has 3 N–H and O–H groups in total. The molecule has 0 fully saturated rings. The van der Waals surface area contributed by atoms with E-state index in [4.69, 9.17) is 15.2 Å². The minimum absolute atomic E-state index is 0.178. The van der Waals surface area contributed by atoms with Crippen molar-refractivity contribution in [2.75, 3.05) is 26.9 Å². The molecule has 0 saturated heterocycles. The molecular formula is C10H17N3O3. The topological polar surface area (TPSA) is 90.2 Å². The molecule has 1 aromatic rings. The van der Waals surface area contributed by atoms with E-state index < -0.39 is 0 Å². The van der Waals surface area contributed by atoms with Gasteiger partial charge in [0.2, 0.25) is 0 Å². The Balaban J connectivity index is 2.41. The number of hydrogen-bond acceptors (Lipinski definition) is 5. The highest BCUT2D eigenvalue weighted by atomic mass is 16.5. The van der Waals surface area contributed by atoms with Gasteiger partial charge in [0.25, 0.3) is 5.56 Å². The van der Waals surface area contributed by atoms with Crippen molar-refractivity contribution in [3.05, 3.63) is 27.9 Å². The minimum Gasteiger partial charge on any atom is -0.382 e. The highest BCUT2D eigenvalue weighted by Crippen LogP contribution is 1.93. The molecule has 0 amide bonds. The summed E-state index contributed by atoms with van der Waals surface area (Å²) in [4.78, 5) is 18.0. The van der Waals surface area contributed by atoms with E-state index in [-0.39, 0.29) is 12.1 Å². The van der Waals surface area contributed by atoms with Crippen LogP contribution >= 0.6 is 0 Å². The molecule has 1 rings (SSSR count). The van der Waals surface area contributed by atoms with Crippen LogP contribution in [0.1, 0.15) is 11.5 Å². The Hall–Kier alpha value is -1.24. The average Bonchev–Trinajstić information content (AvgIpc) is 2.28. The molecule has 1 aromatic heterocycles. The van der Waals surface area contributed by atoms with Crippen molar-refractivity contribution in [1.82, 2.24) is 9.97 Å². The van der Waals surface area contributed by atoms with Crippen LogP contribution in [-0.2, 0) is 22.4 Å². The average molecular weight is 227 g/mol. The molecule has 0 aliphatic rings. The first-order valence-corrected chi connectivity index (χ1v) is 5.12. The van der Waals surface area contributed by atoms with E-state index in [1.165, 1.54) is 6.07 Å². The van der Waals surface area contributed by atoms with Crippen LogP contribution in [0.5, 0.6) is 0 Å². The van der Waals surface area contributed by atoms with Crippen LogP contribution in [0.3, 0.4) is 0 Å². The maximum absolute atomic E-state index is 11.2. The number of nitrogens with one attached hydrogen (secondary N) is 1. The molecule has 0 spiro atoms. The predicted octanol–water partition coefficient (Wildman–Crippen LogP) is -0.566. The molecule has 0 saturated carbocycles. The van der Waals surface area contributed by atoms with Gasteiger partial charge in [0.1, 0.15) is 5.82 Å². The van der Waals surface area contributed by atoms with Gasteiger partial charge in [-0.1, -0.05) is 0 Å². The summed E-state index contributed by atoms with van der Waals surface area (Å²) < 4.78 is 10.1. The molecule has 0 bridgehead atoms. The van der Waals surface area contributed by atoms with E-state index in [0.717, 1.165) is 0 Å². The molecule has 6 nitrogen and oxygen atoms in total. The molecule has 6 heteroatoms. The second-order valence-electron chi connectivity index (χ2n) is 3.24. The zero-order chi connectivity index (χ0) is 11.8. The van der Waals surface area contributed by atoms with Crippen molar-refractivity contribution in [3.63, 3.8) is 0 Å². The van der Waals surface area contributed by atoms with E-state index in [2.05, 4.69) is 9.97 Å². The number of nitrogens with two attached hydrogens (primary N) is 1. The normalized spacial score (nSPS) is 10.6. The van der Waals surface area contributed by atoms with Crippen LogP contribution in [0.15, 0.2) is 10.9 Å². The number of aromatic nitrogens is 2. The number of H-pyrrole nitrogens is 1. The lowest BCUT2D eigenvalue weighted by Crippen LogP contribution is -2.16. The number of methoxy groups -OCH3 is 1. The summed E-state index contributed by atoms with van der Waals surface area (Å²) in [6.45, 7) is 1.87. The summed E-state index contributed by atoms with van der Waals surface area (Å²) >= 11 is 0. The highest BCUT2D eigenvalue weighted by Gasteiger charge is 2.00. The smallest absolute Gasteiger partial charge is 0.251 e. The van der Waals surface area contributed by atoms with Gasteiger partial charge in [-0.3, -0.25) is 4.79 Å². The summed E-state index contributed by atoms with van der Waals surface area (Å²) in [5, 5.41) is 0. The molecule has 0 aliphatic heterocycles. The van der Waals surface area contributed by atoms with Crippen LogP contribution in [0.2, 0.25) is 0 Å². The Morgan fingerprint density at radius 3 is 2.94 bits per heavy atom. The van der Waals surface area contributed by atoms with Gasteiger partial charge in [-0.05, 0) is 0 Å². The molecule has 0 aromatic carbocycles. The summed E-state index contributed by atoms with van der Waals surface area (Å²) in [5.74, 6) is 0.602. The quantitative estimate of drug-likeness (QED) is 0.609. The predicted molar refractivity (Wildman–Crippen MR) is 59.1 cm³/mol. The number of rotatable bonds is 7. The maximum atomic E-state index is 11.2. The molecule has 0 unspecified atom stereocenters. The first kappa shape index (κ1) is 12.8. The fourth-order valence-corrected chi connectivity index (χ4v) is 1.20. The molecule has 0 radical (unpaired) electrons. The lowest BCUT2D eigenvalue weighted by Gasteiger charge is -2.04. The third-order valence-corrected chi connectivity index (χ3v) is 1.97. The zero-order valence-corrected chi connectivity index (χ0v) is 9.36. The van der Waals surface area contributed by atoms with Crippen molar-refractivity contribution < 1.29 is 9.47 Å². The monoisotopic (exact) mass is 227 g/mol. The Labute approximate surface area is 93.8 Å². The van der Waals surface area contributed by atoms with Gasteiger partial charge >= 0.3 is 0 Å². The van der Waals surface area contributed by atoms with Gasteiger partial charge in [0.05, 0.1) is 25.5 Å². The van der Waals surface area contributed by atoms with Crippen LogP contribution in [0.4, 0.5) is 0 Å². The summed E-state index contributed by atoms with van der Waals surface area (Å²) in [7, 11) is 1.62. The lowest BCUT2D eigenvalue weighted by molar-refractivity contribution is 0.0716. The van der Waals surface area contributed by atoms with Crippen molar-refractivity contribution >= 4 is 0 Å². The van der Waals surface area contributed by atoms with E-state index in [0.29, 0.717) is 37.8 Å². The molecule has 0 aliphatic carbocycles.